The van der Waals surface area contributed by atoms with Gasteiger partial charge >= 0.3 is 0 Å². The lowest BCUT2D eigenvalue weighted by Crippen LogP contribution is -2.23. The number of nitrogens with one attached hydrogen (secondary N) is 1. The number of amides is 1. The second-order valence-electron chi connectivity index (χ2n) is 6.12. The minimum atomic E-state index is -0.276. The molecule has 0 fully saturated rings. The van der Waals surface area contributed by atoms with E-state index in [1.807, 2.05) is 19.9 Å². The van der Waals surface area contributed by atoms with E-state index in [0.717, 1.165) is 10.7 Å². The van der Waals surface area contributed by atoms with Crippen molar-refractivity contribution in [2.75, 3.05) is 12.4 Å². The maximum atomic E-state index is 12.9. The number of aromatic nitrogens is 4. The van der Waals surface area contributed by atoms with Gasteiger partial charge in [-0.05, 0) is 32.0 Å². The highest BCUT2D eigenvalue weighted by molar-refractivity contribution is 7.16. The van der Waals surface area contributed by atoms with Crippen molar-refractivity contribution in [3.8, 4) is 5.75 Å². The highest BCUT2D eigenvalue weighted by Gasteiger charge is 2.17. The van der Waals surface area contributed by atoms with Crippen molar-refractivity contribution in [1.29, 1.82) is 0 Å². The van der Waals surface area contributed by atoms with E-state index >= 15 is 0 Å². The molecule has 0 radical (unpaired) electrons. The predicted octanol–water partition coefficient (Wildman–Crippen LogP) is 2.37. The van der Waals surface area contributed by atoms with Crippen LogP contribution in [-0.2, 0) is 11.3 Å². The summed E-state index contributed by atoms with van der Waals surface area (Å²) in [6, 6.07) is 8.91. The lowest BCUT2D eigenvalue weighted by atomic mass is 10.3. The Morgan fingerprint density at radius 1 is 1.30 bits per heavy atom. The molecular weight excluding hydrogens is 366 g/mol. The van der Waals surface area contributed by atoms with Crippen LogP contribution < -0.4 is 15.6 Å². The van der Waals surface area contributed by atoms with Crippen LogP contribution in [0.15, 0.2) is 35.1 Å². The number of aryl methyl sites for hydroxylation is 2. The largest absolute Gasteiger partial charge is 0.497 e. The zero-order valence-corrected chi connectivity index (χ0v) is 15.8. The molecule has 0 aliphatic rings. The Bertz CT molecular complexity index is 1240. The molecule has 0 spiro atoms. The number of hydrogen-bond acceptors (Lipinski definition) is 6. The van der Waals surface area contributed by atoms with Crippen LogP contribution in [0.2, 0.25) is 0 Å². The number of methoxy groups -OCH3 is 1. The summed E-state index contributed by atoms with van der Waals surface area (Å²) >= 11 is 1.36. The number of fused-ring (bicyclic) bond motifs is 2. The molecule has 4 rings (SSSR count). The summed E-state index contributed by atoms with van der Waals surface area (Å²) in [6.45, 7) is 3.67. The van der Waals surface area contributed by atoms with Crippen LogP contribution in [0.1, 0.15) is 10.7 Å². The second-order valence-corrected chi connectivity index (χ2v) is 7.28. The van der Waals surface area contributed by atoms with Crippen molar-refractivity contribution in [2.24, 2.45) is 0 Å². The van der Waals surface area contributed by atoms with Gasteiger partial charge < -0.3 is 14.6 Å². The number of carbonyl (C=O) groups excluding carboxylic acids is 1. The molecule has 3 heterocycles. The second kappa shape index (κ2) is 6.51. The van der Waals surface area contributed by atoms with E-state index in [9.17, 15) is 9.59 Å². The first-order valence-electron chi connectivity index (χ1n) is 8.26. The maximum Gasteiger partial charge on any atom is 0.299 e. The van der Waals surface area contributed by atoms with Crippen LogP contribution in [0, 0.1) is 13.8 Å². The zero-order valence-electron chi connectivity index (χ0n) is 15.0. The van der Waals surface area contributed by atoms with Crippen LogP contribution in [-0.4, -0.2) is 32.2 Å². The summed E-state index contributed by atoms with van der Waals surface area (Å²) in [6.07, 6.45) is 0. The molecule has 0 atom stereocenters. The fraction of sp³-hybridized carbons (Fsp3) is 0.222. The average molecular weight is 383 g/mol. The third-order valence-electron chi connectivity index (χ3n) is 4.21. The van der Waals surface area contributed by atoms with Gasteiger partial charge in [-0.1, -0.05) is 17.4 Å². The third kappa shape index (κ3) is 3.06. The molecule has 1 amide bonds. The molecule has 138 valence electrons. The van der Waals surface area contributed by atoms with Gasteiger partial charge in [-0.3, -0.25) is 9.59 Å². The van der Waals surface area contributed by atoms with Crippen LogP contribution in [0.5, 0.6) is 5.75 Å². The molecule has 1 aromatic carbocycles. The number of anilines is 1. The van der Waals surface area contributed by atoms with Crippen LogP contribution in [0.4, 0.5) is 5.69 Å². The number of carbonyl (C=O) groups is 1. The Hall–Kier alpha value is -3.20. The van der Waals surface area contributed by atoms with Crippen molar-refractivity contribution >= 4 is 38.9 Å². The third-order valence-corrected chi connectivity index (χ3v) is 5.04. The summed E-state index contributed by atoms with van der Waals surface area (Å²) in [5.74, 6) is 0.405. The van der Waals surface area contributed by atoms with Gasteiger partial charge in [0.2, 0.25) is 10.9 Å². The molecule has 0 saturated heterocycles. The molecule has 4 aromatic rings. The van der Waals surface area contributed by atoms with E-state index in [4.69, 9.17) is 4.74 Å². The number of benzene rings is 1. The van der Waals surface area contributed by atoms with Gasteiger partial charge in [-0.25, -0.2) is 4.98 Å². The monoisotopic (exact) mass is 383 g/mol. The zero-order chi connectivity index (χ0) is 19.1. The SMILES string of the molecule is COc1cccc(NC(=O)Cn2c(C)cc3nc4sc(C)nn4c(=O)c32)c1. The summed E-state index contributed by atoms with van der Waals surface area (Å²) < 4.78 is 8.12. The van der Waals surface area contributed by atoms with E-state index in [0.29, 0.717) is 27.4 Å². The molecule has 0 unspecified atom stereocenters. The Morgan fingerprint density at radius 2 is 2.11 bits per heavy atom. The Labute approximate surface area is 158 Å². The predicted molar refractivity (Wildman–Crippen MR) is 104 cm³/mol. The summed E-state index contributed by atoms with van der Waals surface area (Å²) in [7, 11) is 1.57. The van der Waals surface area contributed by atoms with E-state index < -0.39 is 0 Å². The highest BCUT2D eigenvalue weighted by Crippen LogP contribution is 2.19. The Morgan fingerprint density at radius 3 is 2.89 bits per heavy atom. The molecule has 8 nitrogen and oxygen atoms in total. The smallest absolute Gasteiger partial charge is 0.299 e. The normalized spacial score (nSPS) is 11.2. The quantitative estimate of drug-likeness (QED) is 0.584. The van der Waals surface area contributed by atoms with Crippen LogP contribution in [0.3, 0.4) is 0 Å². The van der Waals surface area contributed by atoms with Crippen LogP contribution in [0.25, 0.3) is 16.0 Å². The molecule has 0 bridgehead atoms. The van der Waals surface area contributed by atoms with Gasteiger partial charge in [0, 0.05) is 17.4 Å². The van der Waals surface area contributed by atoms with E-state index in [2.05, 4.69) is 15.4 Å². The van der Waals surface area contributed by atoms with Gasteiger partial charge in [0.25, 0.3) is 5.56 Å². The van der Waals surface area contributed by atoms with Crippen molar-refractivity contribution in [1.82, 2.24) is 19.2 Å². The first-order valence-corrected chi connectivity index (χ1v) is 9.08. The first-order chi connectivity index (χ1) is 13.0. The highest BCUT2D eigenvalue weighted by atomic mass is 32.1. The fourth-order valence-electron chi connectivity index (χ4n) is 3.00. The Kier molecular flexibility index (Phi) is 4.15. The Balaban J connectivity index is 1.70. The molecule has 9 heteroatoms. The maximum absolute atomic E-state index is 12.9. The summed E-state index contributed by atoms with van der Waals surface area (Å²) in [5, 5.41) is 7.79. The van der Waals surface area contributed by atoms with E-state index in [1.165, 1.54) is 15.9 Å². The molecular formula is C18H17N5O3S. The minimum Gasteiger partial charge on any atom is -0.497 e. The average Bonchev–Trinajstić information content (AvgIpc) is 3.15. The van der Waals surface area contributed by atoms with Gasteiger partial charge in [0.15, 0.2) is 0 Å². The number of ether oxygens (including phenoxy) is 1. The van der Waals surface area contributed by atoms with E-state index in [-0.39, 0.29) is 18.0 Å². The summed E-state index contributed by atoms with van der Waals surface area (Å²) in [4.78, 5) is 30.4. The van der Waals surface area contributed by atoms with Crippen molar-refractivity contribution in [3.05, 3.63) is 51.4 Å². The lowest BCUT2D eigenvalue weighted by molar-refractivity contribution is -0.116. The number of rotatable bonds is 4. The molecule has 3 aromatic heterocycles. The van der Waals surface area contributed by atoms with Gasteiger partial charge in [-0.15, -0.1) is 0 Å². The van der Waals surface area contributed by atoms with Gasteiger partial charge in [-0.2, -0.15) is 9.61 Å². The van der Waals surface area contributed by atoms with Gasteiger partial charge in [0.05, 0.1) is 12.6 Å². The van der Waals surface area contributed by atoms with Crippen molar-refractivity contribution in [2.45, 2.75) is 20.4 Å². The molecule has 0 aliphatic heterocycles. The first kappa shape index (κ1) is 17.2. The van der Waals surface area contributed by atoms with Crippen LogP contribution >= 0.6 is 11.3 Å². The van der Waals surface area contributed by atoms with Crippen molar-refractivity contribution in [3.63, 3.8) is 0 Å². The summed E-state index contributed by atoms with van der Waals surface area (Å²) in [5.41, 5.74) is 2.07. The molecule has 1 N–H and O–H groups in total. The standard InChI is InChI=1S/C18H17N5O3S/c1-10-7-14-16(17(25)23-18(20-14)27-11(2)21-23)22(10)9-15(24)19-12-5-4-6-13(8-12)26-3/h4-8H,9H2,1-3H3,(H,19,24). The lowest BCUT2D eigenvalue weighted by Gasteiger charge is -2.10. The van der Waals surface area contributed by atoms with Gasteiger partial charge in [0.1, 0.15) is 22.8 Å². The van der Waals surface area contributed by atoms with Crippen molar-refractivity contribution < 1.29 is 9.53 Å². The van der Waals surface area contributed by atoms with E-state index in [1.54, 1.807) is 35.9 Å². The fourth-order valence-corrected chi connectivity index (χ4v) is 3.74. The molecule has 0 saturated carbocycles. The number of nitrogens with zero attached hydrogens (tertiary/aromatic N) is 4. The molecule has 27 heavy (non-hydrogen) atoms. The molecule has 0 aliphatic carbocycles. The topological polar surface area (TPSA) is 90.5 Å². The minimum absolute atomic E-state index is 0.00134. The number of hydrogen-bond donors (Lipinski definition) is 1.